The number of carbonyl (C=O) groups excluding carboxylic acids is 1. The van der Waals surface area contributed by atoms with E-state index in [4.69, 9.17) is 9.72 Å². The van der Waals surface area contributed by atoms with Crippen LogP contribution in [-0.4, -0.2) is 37.7 Å². The average molecular weight is 461 g/mol. The Morgan fingerprint density at radius 3 is 2.76 bits per heavy atom. The van der Waals surface area contributed by atoms with Crippen LogP contribution in [0.1, 0.15) is 51.1 Å². The Balaban J connectivity index is 1.46. The van der Waals surface area contributed by atoms with Gasteiger partial charge >= 0.3 is 0 Å². The van der Waals surface area contributed by atoms with Gasteiger partial charge in [-0.05, 0) is 79.5 Å². The van der Waals surface area contributed by atoms with Crippen molar-refractivity contribution >= 4 is 29.3 Å². The molecule has 6 unspecified atom stereocenters. The molecule has 1 saturated heterocycles. The zero-order chi connectivity index (χ0) is 23.2. The van der Waals surface area contributed by atoms with Crippen molar-refractivity contribution in [2.45, 2.75) is 45.6 Å². The van der Waals surface area contributed by atoms with Crippen LogP contribution in [0, 0.1) is 29.6 Å². The second-order valence-electron chi connectivity index (χ2n) is 11.1. The van der Waals surface area contributed by atoms with Crippen molar-refractivity contribution in [3.8, 4) is 0 Å². The van der Waals surface area contributed by atoms with E-state index in [9.17, 15) is 4.79 Å². The third-order valence-electron chi connectivity index (χ3n) is 8.81. The smallest absolute Gasteiger partial charge is 0.214 e. The lowest BCUT2D eigenvalue weighted by Gasteiger charge is -2.50. The lowest BCUT2D eigenvalue weighted by molar-refractivity contribution is -0.108. The predicted octanol–water partition coefficient (Wildman–Crippen LogP) is 5.39. The minimum absolute atomic E-state index is 0.0128. The van der Waals surface area contributed by atoms with Gasteiger partial charge < -0.3 is 19.9 Å². The zero-order valence-electron chi connectivity index (χ0n) is 20.3. The summed E-state index contributed by atoms with van der Waals surface area (Å²) in [6, 6.07) is 10.6. The van der Waals surface area contributed by atoms with Crippen LogP contribution in [0.4, 0.5) is 22.9 Å². The lowest BCUT2D eigenvalue weighted by atomic mass is 9.57. The molecule has 1 aromatic carbocycles. The highest BCUT2D eigenvalue weighted by Gasteiger charge is 2.47. The second-order valence-corrected chi connectivity index (χ2v) is 11.1. The molecule has 1 amide bonds. The molecular formula is C28H36N4O2. The molecule has 3 fully saturated rings. The van der Waals surface area contributed by atoms with Crippen LogP contribution >= 0.6 is 0 Å². The standard InChI is InChI=1S/C28H36N4O2/c1-18-12-20-14-19(2)26(21(13-18)15-20)27-23-4-3-7-29-28(23)30-24-6-5-22(16-25(24)32(27)17-33)31-8-10-34-11-9-31/h3-7,16-21,26-27H,8-15H2,1-2H3,(H,29,30). The van der Waals surface area contributed by atoms with Crippen molar-refractivity contribution in [3.05, 3.63) is 42.1 Å². The van der Waals surface area contributed by atoms with E-state index in [2.05, 4.69) is 48.3 Å². The highest BCUT2D eigenvalue weighted by atomic mass is 16.5. The number of benzene rings is 1. The number of carbonyl (C=O) groups is 1. The minimum atomic E-state index is -0.0128. The van der Waals surface area contributed by atoms with Crippen LogP contribution in [0.25, 0.3) is 0 Å². The van der Waals surface area contributed by atoms with Gasteiger partial charge in [0.05, 0.1) is 30.6 Å². The highest BCUT2D eigenvalue weighted by molar-refractivity contribution is 5.90. The molecule has 2 aliphatic carbocycles. The molecule has 2 aliphatic heterocycles. The molecule has 1 aromatic heterocycles. The van der Waals surface area contributed by atoms with Crippen LogP contribution in [0.2, 0.25) is 0 Å². The van der Waals surface area contributed by atoms with Gasteiger partial charge in [-0.25, -0.2) is 4.98 Å². The molecule has 3 heterocycles. The van der Waals surface area contributed by atoms with E-state index in [1.54, 1.807) is 0 Å². The van der Waals surface area contributed by atoms with Gasteiger partial charge in [0.1, 0.15) is 5.82 Å². The van der Waals surface area contributed by atoms with Crippen molar-refractivity contribution in [2.24, 2.45) is 29.6 Å². The van der Waals surface area contributed by atoms with Gasteiger partial charge in [0, 0.05) is 30.5 Å². The van der Waals surface area contributed by atoms with Crippen LogP contribution in [0.15, 0.2) is 36.5 Å². The number of rotatable bonds is 3. The van der Waals surface area contributed by atoms with Crippen molar-refractivity contribution < 1.29 is 9.53 Å². The maximum absolute atomic E-state index is 12.9. The maximum Gasteiger partial charge on any atom is 0.214 e. The van der Waals surface area contributed by atoms with E-state index in [-0.39, 0.29) is 6.04 Å². The molecule has 180 valence electrons. The van der Waals surface area contributed by atoms with Gasteiger partial charge in [0.15, 0.2) is 0 Å². The monoisotopic (exact) mass is 460 g/mol. The summed E-state index contributed by atoms with van der Waals surface area (Å²) in [5, 5.41) is 3.59. The third-order valence-corrected chi connectivity index (χ3v) is 8.81. The van der Waals surface area contributed by atoms with Crippen LogP contribution in [0.3, 0.4) is 0 Å². The van der Waals surface area contributed by atoms with Gasteiger partial charge in [-0.1, -0.05) is 19.9 Å². The second kappa shape index (κ2) is 8.88. The largest absolute Gasteiger partial charge is 0.378 e. The molecule has 2 bridgehead atoms. The van der Waals surface area contributed by atoms with Crippen molar-refractivity contribution in [1.29, 1.82) is 0 Å². The summed E-state index contributed by atoms with van der Waals surface area (Å²) in [4.78, 5) is 22.0. The molecule has 6 rings (SSSR count). The molecule has 2 saturated carbocycles. The van der Waals surface area contributed by atoms with Crippen molar-refractivity contribution in [2.75, 3.05) is 41.4 Å². The fourth-order valence-electron chi connectivity index (χ4n) is 7.59. The quantitative estimate of drug-likeness (QED) is 0.623. The number of anilines is 4. The highest BCUT2D eigenvalue weighted by Crippen LogP contribution is 2.55. The SMILES string of the molecule is CC1CC2CC(C)C(C3c4cccnc4Nc4ccc(N5CCOCC5)cc4N3C=O)C(C1)C2. The topological polar surface area (TPSA) is 57.7 Å². The Hall–Kier alpha value is -2.60. The predicted molar refractivity (Wildman–Crippen MR) is 136 cm³/mol. The number of fused-ring (bicyclic) bond motifs is 4. The average Bonchev–Trinajstić information content (AvgIpc) is 2.98. The number of amides is 1. The number of nitrogens with zero attached hydrogens (tertiary/aromatic N) is 3. The fourth-order valence-corrected chi connectivity index (χ4v) is 7.59. The van der Waals surface area contributed by atoms with Gasteiger partial charge in [0.25, 0.3) is 0 Å². The molecule has 34 heavy (non-hydrogen) atoms. The molecule has 6 atom stereocenters. The van der Waals surface area contributed by atoms with E-state index >= 15 is 0 Å². The maximum atomic E-state index is 12.9. The van der Waals surface area contributed by atoms with Crippen LogP contribution in [0.5, 0.6) is 0 Å². The Bertz CT molecular complexity index is 1050. The summed E-state index contributed by atoms with van der Waals surface area (Å²) < 4.78 is 5.56. The summed E-state index contributed by atoms with van der Waals surface area (Å²) >= 11 is 0. The van der Waals surface area contributed by atoms with E-state index in [1.807, 2.05) is 17.2 Å². The molecule has 0 radical (unpaired) electrons. The number of hydrogen-bond donors (Lipinski definition) is 1. The van der Waals surface area contributed by atoms with E-state index in [1.165, 1.54) is 25.7 Å². The summed E-state index contributed by atoms with van der Waals surface area (Å²) in [5.74, 6) is 4.12. The molecular weight excluding hydrogens is 424 g/mol. The summed E-state index contributed by atoms with van der Waals surface area (Å²) in [5.41, 5.74) is 4.20. The molecule has 2 aromatic rings. The molecule has 6 heteroatoms. The summed E-state index contributed by atoms with van der Waals surface area (Å²) in [6.07, 6.45) is 8.11. The Morgan fingerprint density at radius 1 is 1.09 bits per heavy atom. The number of hydrogen-bond acceptors (Lipinski definition) is 5. The first-order chi connectivity index (χ1) is 16.6. The Morgan fingerprint density at radius 2 is 1.94 bits per heavy atom. The first-order valence-electron chi connectivity index (χ1n) is 13.0. The van der Waals surface area contributed by atoms with Gasteiger partial charge in [-0.2, -0.15) is 0 Å². The number of morpholine rings is 1. The zero-order valence-corrected chi connectivity index (χ0v) is 20.3. The normalized spacial score (nSPS) is 32.8. The summed E-state index contributed by atoms with van der Waals surface area (Å²) in [7, 11) is 0. The number of aromatic nitrogens is 1. The van der Waals surface area contributed by atoms with Gasteiger partial charge in [0.2, 0.25) is 6.41 Å². The van der Waals surface area contributed by atoms with Crippen molar-refractivity contribution in [3.63, 3.8) is 0 Å². The molecule has 1 N–H and O–H groups in total. The summed E-state index contributed by atoms with van der Waals surface area (Å²) in [6.45, 7) is 8.07. The van der Waals surface area contributed by atoms with Gasteiger partial charge in [-0.15, -0.1) is 0 Å². The number of nitrogens with one attached hydrogen (secondary N) is 1. The molecule has 0 spiro atoms. The Kier molecular flexibility index (Phi) is 5.72. The first-order valence-corrected chi connectivity index (χ1v) is 13.0. The lowest BCUT2D eigenvalue weighted by Crippen LogP contribution is -2.45. The van der Waals surface area contributed by atoms with E-state index < -0.39 is 0 Å². The molecule has 4 aliphatic rings. The van der Waals surface area contributed by atoms with E-state index in [0.717, 1.165) is 73.0 Å². The van der Waals surface area contributed by atoms with Crippen LogP contribution in [-0.2, 0) is 9.53 Å². The third kappa shape index (κ3) is 3.76. The fraction of sp³-hybridized carbons (Fsp3) is 0.571. The Labute approximate surface area is 202 Å². The van der Waals surface area contributed by atoms with E-state index in [0.29, 0.717) is 17.8 Å². The minimum Gasteiger partial charge on any atom is -0.378 e. The first kappa shape index (κ1) is 21.9. The number of pyridine rings is 1. The molecule has 6 nitrogen and oxygen atoms in total. The number of ether oxygens (including phenoxy) is 1. The van der Waals surface area contributed by atoms with Gasteiger partial charge in [-0.3, -0.25) is 4.79 Å². The van der Waals surface area contributed by atoms with Crippen LogP contribution < -0.4 is 15.1 Å². The van der Waals surface area contributed by atoms with Crippen molar-refractivity contribution in [1.82, 2.24) is 4.98 Å².